The summed E-state index contributed by atoms with van der Waals surface area (Å²) in [7, 11) is 0. The van der Waals surface area contributed by atoms with Crippen LogP contribution in [0.1, 0.15) is 21.5 Å². The Balaban J connectivity index is 1.63. The fourth-order valence-electron chi connectivity index (χ4n) is 3.08. The number of hydrazone groups is 1. The molecular weight excluding hydrogens is 492 g/mol. The van der Waals surface area contributed by atoms with Crippen LogP contribution in [0.5, 0.6) is 5.75 Å². The average Bonchev–Trinajstić information content (AvgIpc) is 2.92. The second-order valence-corrected chi connectivity index (χ2v) is 8.76. The molecule has 0 heterocycles. The van der Waals surface area contributed by atoms with E-state index in [2.05, 4.69) is 22.4 Å². The Labute approximate surface area is 218 Å². The molecule has 1 atom stereocenters. The number of non-ortho nitro benzene ring substituents is 1. The van der Waals surface area contributed by atoms with Gasteiger partial charge in [0.15, 0.2) is 0 Å². The highest BCUT2D eigenvalue weighted by molar-refractivity contribution is 7.98. The molecule has 0 saturated carbocycles. The Morgan fingerprint density at radius 2 is 1.76 bits per heavy atom. The monoisotopic (exact) mass is 518 g/mol. The van der Waals surface area contributed by atoms with Gasteiger partial charge in [-0.3, -0.25) is 19.7 Å². The van der Waals surface area contributed by atoms with Crippen LogP contribution in [0.25, 0.3) is 0 Å². The summed E-state index contributed by atoms with van der Waals surface area (Å²) in [5.41, 5.74) is 4.40. The second kappa shape index (κ2) is 14.2. The average molecular weight is 519 g/mol. The Morgan fingerprint density at radius 1 is 1.05 bits per heavy atom. The van der Waals surface area contributed by atoms with Crippen LogP contribution in [0, 0.1) is 10.1 Å². The zero-order valence-electron chi connectivity index (χ0n) is 19.9. The predicted molar refractivity (Wildman–Crippen MR) is 145 cm³/mol. The van der Waals surface area contributed by atoms with Gasteiger partial charge in [0.2, 0.25) is 0 Å². The molecule has 2 N–H and O–H groups in total. The number of ether oxygens (including phenoxy) is 1. The summed E-state index contributed by atoms with van der Waals surface area (Å²) in [6.45, 7) is 4.01. The van der Waals surface area contributed by atoms with E-state index >= 15 is 0 Å². The van der Waals surface area contributed by atoms with Gasteiger partial charge in [-0.05, 0) is 47.5 Å². The number of amides is 2. The molecule has 0 bridgehead atoms. The van der Waals surface area contributed by atoms with Crippen molar-refractivity contribution in [1.29, 1.82) is 0 Å². The minimum absolute atomic E-state index is 0.126. The lowest BCUT2D eigenvalue weighted by atomic mass is 10.2. The van der Waals surface area contributed by atoms with E-state index in [1.807, 2.05) is 30.3 Å². The summed E-state index contributed by atoms with van der Waals surface area (Å²) in [6.07, 6.45) is 3.14. The van der Waals surface area contributed by atoms with Crippen LogP contribution in [0.15, 0.2) is 96.6 Å². The van der Waals surface area contributed by atoms with Gasteiger partial charge in [0.25, 0.3) is 17.5 Å². The Hall–Kier alpha value is -4.44. The van der Waals surface area contributed by atoms with Crippen molar-refractivity contribution in [2.45, 2.75) is 11.8 Å². The lowest BCUT2D eigenvalue weighted by Crippen LogP contribution is -2.47. The maximum absolute atomic E-state index is 12.9. The maximum Gasteiger partial charge on any atom is 0.269 e. The molecule has 3 rings (SSSR count). The topological polar surface area (TPSA) is 123 Å². The van der Waals surface area contributed by atoms with Crippen molar-refractivity contribution < 1.29 is 19.2 Å². The first-order valence-corrected chi connectivity index (χ1v) is 12.5. The largest absolute Gasteiger partial charge is 0.490 e. The van der Waals surface area contributed by atoms with Crippen LogP contribution in [-0.4, -0.2) is 41.4 Å². The van der Waals surface area contributed by atoms with Gasteiger partial charge in [0, 0.05) is 29.2 Å². The highest BCUT2D eigenvalue weighted by Gasteiger charge is 2.22. The summed E-state index contributed by atoms with van der Waals surface area (Å²) in [4.78, 5) is 36.0. The highest BCUT2D eigenvalue weighted by Crippen LogP contribution is 2.15. The van der Waals surface area contributed by atoms with E-state index in [0.717, 1.165) is 11.1 Å². The number of hydrogen-bond acceptors (Lipinski definition) is 7. The molecule has 0 spiro atoms. The molecule has 0 aromatic heterocycles. The number of thioether (sulfide) groups is 1. The molecule has 0 fully saturated rings. The van der Waals surface area contributed by atoms with E-state index in [1.54, 1.807) is 30.3 Å². The Morgan fingerprint density at radius 3 is 2.41 bits per heavy atom. The lowest BCUT2D eigenvalue weighted by Gasteiger charge is -2.17. The third kappa shape index (κ3) is 8.93. The highest BCUT2D eigenvalue weighted by atomic mass is 32.2. The number of rotatable bonds is 13. The fourth-order valence-corrected chi connectivity index (χ4v) is 4.10. The molecule has 0 saturated heterocycles. The van der Waals surface area contributed by atoms with Crippen molar-refractivity contribution in [3.05, 3.63) is 118 Å². The number of carbonyl (C=O) groups excluding carboxylic acids is 2. The molecule has 0 aliphatic carbocycles. The maximum atomic E-state index is 12.9. The molecule has 2 amide bonds. The van der Waals surface area contributed by atoms with Crippen molar-refractivity contribution in [3.63, 3.8) is 0 Å². The summed E-state index contributed by atoms with van der Waals surface area (Å²) < 4.78 is 5.44. The van der Waals surface area contributed by atoms with Gasteiger partial charge in [-0.15, -0.1) is 0 Å². The number of carbonyl (C=O) groups is 2. The van der Waals surface area contributed by atoms with Crippen LogP contribution in [0.2, 0.25) is 0 Å². The summed E-state index contributed by atoms with van der Waals surface area (Å²) in [5.74, 6) is 0.629. The van der Waals surface area contributed by atoms with E-state index in [0.29, 0.717) is 23.9 Å². The van der Waals surface area contributed by atoms with Gasteiger partial charge in [0.05, 0.1) is 11.1 Å². The quantitative estimate of drug-likeness (QED) is 0.150. The van der Waals surface area contributed by atoms with Gasteiger partial charge < -0.3 is 10.1 Å². The van der Waals surface area contributed by atoms with Crippen molar-refractivity contribution >= 4 is 35.5 Å². The van der Waals surface area contributed by atoms with Crippen LogP contribution in [0.4, 0.5) is 5.69 Å². The molecule has 3 aromatic carbocycles. The van der Waals surface area contributed by atoms with Crippen molar-refractivity contribution in [3.8, 4) is 5.75 Å². The minimum atomic E-state index is -0.886. The van der Waals surface area contributed by atoms with E-state index in [4.69, 9.17) is 4.74 Å². The molecule has 0 aliphatic rings. The van der Waals surface area contributed by atoms with E-state index in [1.165, 1.54) is 42.2 Å². The predicted octanol–water partition coefficient (Wildman–Crippen LogP) is 4.34. The van der Waals surface area contributed by atoms with Crippen LogP contribution in [0.3, 0.4) is 0 Å². The van der Waals surface area contributed by atoms with Crippen LogP contribution in [-0.2, 0) is 10.5 Å². The normalized spacial score (nSPS) is 11.5. The van der Waals surface area contributed by atoms with Crippen molar-refractivity contribution in [1.82, 2.24) is 10.7 Å². The smallest absolute Gasteiger partial charge is 0.269 e. The minimum Gasteiger partial charge on any atom is -0.490 e. The van der Waals surface area contributed by atoms with E-state index < -0.39 is 22.8 Å². The van der Waals surface area contributed by atoms with E-state index in [9.17, 15) is 19.7 Å². The summed E-state index contributed by atoms with van der Waals surface area (Å²) in [6, 6.07) is 21.2. The molecule has 3 aromatic rings. The standard InChI is InChI=1S/C27H26N4O5S/c1-2-16-36-24-14-8-20(9-15-24)17-28-30-27(33)25(19-37-18-21-6-4-3-5-7-21)29-26(32)22-10-12-23(13-11-22)31(34)35/h2-15,17,25H,1,16,18-19H2,(H,29,32)(H,30,33)/b28-17-/t25-/m0/s1. The SMILES string of the molecule is C=CCOc1ccc(/C=N\NC(=O)[C@H](CSCc2ccccc2)NC(=O)c2ccc([N+](=O)[O-])cc2)cc1. The first-order chi connectivity index (χ1) is 18.0. The van der Waals surface area contributed by atoms with Crippen molar-refractivity contribution in [2.75, 3.05) is 12.4 Å². The molecule has 0 aliphatic heterocycles. The third-order valence-corrected chi connectivity index (χ3v) is 6.10. The molecule has 0 unspecified atom stereocenters. The second-order valence-electron chi connectivity index (χ2n) is 7.73. The fraction of sp³-hybridized carbons (Fsp3) is 0.148. The molecule has 9 nitrogen and oxygen atoms in total. The van der Waals surface area contributed by atoms with Gasteiger partial charge in [0.1, 0.15) is 18.4 Å². The lowest BCUT2D eigenvalue weighted by molar-refractivity contribution is -0.384. The first kappa shape index (κ1) is 27.2. The number of nitrogens with one attached hydrogen (secondary N) is 2. The molecule has 37 heavy (non-hydrogen) atoms. The number of nitrogens with zero attached hydrogens (tertiary/aromatic N) is 2. The van der Waals surface area contributed by atoms with Crippen molar-refractivity contribution in [2.24, 2.45) is 5.10 Å². The summed E-state index contributed by atoms with van der Waals surface area (Å²) in [5, 5.41) is 17.6. The number of nitro groups is 1. The first-order valence-electron chi connectivity index (χ1n) is 11.3. The molecule has 190 valence electrons. The zero-order valence-corrected chi connectivity index (χ0v) is 20.7. The molecule has 0 radical (unpaired) electrons. The molecular formula is C27H26N4O5S. The zero-order chi connectivity index (χ0) is 26.5. The number of hydrogen-bond donors (Lipinski definition) is 2. The third-order valence-electron chi connectivity index (χ3n) is 4.99. The van der Waals surface area contributed by atoms with Crippen LogP contribution < -0.4 is 15.5 Å². The van der Waals surface area contributed by atoms with E-state index in [-0.39, 0.29) is 11.3 Å². The Bertz CT molecular complexity index is 1230. The number of nitro benzene ring substituents is 1. The molecule has 10 heteroatoms. The van der Waals surface area contributed by atoms with Crippen LogP contribution >= 0.6 is 11.8 Å². The summed E-state index contributed by atoms with van der Waals surface area (Å²) >= 11 is 1.49. The van der Waals surface area contributed by atoms with Gasteiger partial charge in [-0.2, -0.15) is 16.9 Å². The van der Waals surface area contributed by atoms with Gasteiger partial charge in [-0.25, -0.2) is 5.43 Å². The Kier molecular flexibility index (Phi) is 10.4. The van der Waals surface area contributed by atoms with Gasteiger partial charge in [-0.1, -0.05) is 43.0 Å². The van der Waals surface area contributed by atoms with Gasteiger partial charge >= 0.3 is 0 Å². The number of benzene rings is 3.